The average Bonchev–Trinajstić information content (AvgIpc) is 2.33. The molecule has 0 fully saturated rings. The lowest BCUT2D eigenvalue weighted by Crippen LogP contribution is -2.18. The van der Waals surface area contributed by atoms with E-state index in [4.69, 9.17) is 0 Å². The van der Waals surface area contributed by atoms with Crippen LogP contribution in [0.3, 0.4) is 0 Å². The van der Waals surface area contributed by atoms with Gasteiger partial charge in [0.05, 0.1) is 5.69 Å². The van der Waals surface area contributed by atoms with Gasteiger partial charge in [-0.25, -0.2) is 0 Å². The second kappa shape index (κ2) is 5.94. The normalized spacial score (nSPS) is 10.8. The summed E-state index contributed by atoms with van der Waals surface area (Å²) in [5.74, 6) is 0. The lowest BCUT2D eigenvalue weighted by molar-refractivity contribution is 0.314. The minimum absolute atomic E-state index is 0.863. The quantitative estimate of drug-likeness (QED) is 0.857. The lowest BCUT2D eigenvalue weighted by Gasteiger charge is -2.17. The molecule has 2 rings (SSSR count). The molecule has 0 saturated heterocycles. The zero-order valence-electron chi connectivity index (χ0n) is 9.81. The summed E-state index contributed by atoms with van der Waals surface area (Å²) in [7, 11) is 2.11. The highest BCUT2D eigenvalue weighted by Crippen LogP contribution is 2.17. The van der Waals surface area contributed by atoms with Crippen LogP contribution in [-0.4, -0.2) is 16.9 Å². The van der Waals surface area contributed by atoms with Crippen molar-refractivity contribution >= 4 is 15.9 Å². The maximum atomic E-state index is 4.33. The summed E-state index contributed by atoms with van der Waals surface area (Å²) < 4.78 is 1.16. The van der Waals surface area contributed by atoms with E-state index in [1.165, 1.54) is 5.56 Å². The Morgan fingerprint density at radius 3 is 2.53 bits per heavy atom. The third-order valence-electron chi connectivity index (χ3n) is 2.56. The molecule has 0 aliphatic carbocycles. The SMILES string of the molecule is CN(Cc1ccccn1)Cc1ccccc1Br. The fourth-order valence-corrected chi connectivity index (χ4v) is 2.15. The molecule has 0 bridgehead atoms. The van der Waals surface area contributed by atoms with Gasteiger partial charge in [0.15, 0.2) is 0 Å². The number of halogens is 1. The summed E-state index contributed by atoms with van der Waals surface area (Å²) in [6, 6.07) is 14.3. The van der Waals surface area contributed by atoms with Crippen LogP contribution in [0, 0.1) is 0 Å². The van der Waals surface area contributed by atoms with Crippen LogP contribution in [-0.2, 0) is 13.1 Å². The molecule has 1 aromatic heterocycles. The summed E-state index contributed by atoms with van der Waals surface area (Å²) in [4.78, 5) is 6.58. The first kappa shape index (κ1) is 12.3. The topological polar surface area (TPSA) is 16.1 Å². The minimum Gasteiger partial charge on any atom is -0.296 e. The number of hydrogen-bond acceptors (Lipinski definition) is 2. The molecule has 2 nitrogen and oxygen atoms in total. The fraction of sp³-hybridized carbons (Fsp3) is 0.214. The second-order valence-corrected chi connectivity index (χ2v) is 4.94. The van der Waals surface area contributed by atoms with Gasteiger partial charge >= 0.3 is 0 Å². The predicted molar refractivity (Wildman–Crippen MR) is 73.6 cm³/mol. The van der Waals surface area contributed by atoms with E-state index >= 15 is 0 Å². The van der Waals surface area contributed by atoms with Crippen LogP contribution in [0.4, 0.5) is 0 Å². The highest BCUT2D eigenvalue weighted by Gasteiger charge is 2.04. The molecule has 0 aliphatic heterocycles. The molecule has 0 radical (unpaired) electrons. The van der Waals surface area contributed by atoms with Crippen molar-refractivity contribution in [3.8, 4) is 0 Å². The van der Waals surface area contributed by atoms with Crippen LogP contribution >= 0.6 is 15.9 Å². The van der Waals surface area contributed by atoms with Gasteiger partial charge in [0.2, 0.25) is 0 Å². The van der Waals surface area contributed by atoms with Gasteiger partial charge in [-0.15, -0.1) is 0 Å². The van der Waals surface area contributed by atoms with Gasteiger partial charge in [0, 0.05) is 23.8 Å². The molecule has 17 heavy (non-hydrogen) atoms. The number of nitrogens with zero attached hydrogens (tertiary/aromatic N) is 2. The molecule has 0 spiro atoms. The Balaban J connectivity index is 1.98. The van der Waals surface area contributed by atoms with Gasteiger partial charge in [-0.05, 0) is 30.8 Å². The smallest absolute Gasteiger partial charge is 0.0543 e. The summed E-state index contributed by atoms with van der Waals surface area (Å²) in [5, 5.41) is 0. The van der Waals surface area contributed by atoms with Crippen molar-refractivity contribution < 1.29 is 0 Å². The lowest BCUT2D eigenvalue weighted by atomic mass is 10.2. The van der Waals surface area contributed by atoms with Crippen molar-refractivity contribution in [1.82, 2.24) is 9.88 Å². The Labute approximate surface area is 110 Å². The maximum absolute atomic E-state index is 4.33. The summed E-state index contributed by atoms with van der Waals surface area (Å²) in [6.07, 6.45) is 1.83. The summed E-state index contributed by atoms with van der Waals surface area (Å²) in [6.45, 7) is 1.78. The highest BCUT2D eigenvalue weighted by atomic mass is 79.9. The molecule has 0 amide bonds. The van der Waals surface area contributed by atoms with Crippen LogP contribution in [0.2, 0.25) is 0 Å². The monoisotopic (exact) mass is 290 g/mol. The molecule has 2 aromatic rings. The van der Waals surface area contributed by atoms with E-state index in [0.717, 1.165) is 23.3 Å². The van der Waals surface area contributed by atoms with Crippen LogP contribution in [0.15, 0.2) is 53.1 Å². The molecule has 88 valence electrons. The van der Waals surface area contributed by atoms with Crippen molar-refractivity contribution in [1.29, 1.82) is 0 Å². The van der Waals surface area contributed by atoms with E-state index in [1.54, 1.807) is 0 Å². The second-order valence-electron chi connectivity index (χ2n) is 4.08. The van der Waals surface area contributed by atoms with Crippen LogP contribution in [0.25, 0.3) is 0 Å². The van der Waals surface area contributed by atoms with Crippen molar-refractivity contribution in [2.75, 3.05) is 7.05 Å². The van der Waals surface area contributed by atoms with Crippen molar-refractivity contribution in [3.05, 3.63) is 64.4 Å². The Hall–Kier alpha value is -1.19. The van der Waals surface area contributed by atoms with E-state index in [1.807, 2.05) is 24.4 Å². The van der Waals surface area contributed by atoms with Crippen LogP contribution in [0.1, 0.15) is 11.3 Å². The summed E-state index contributed by atoms with van der Waals surface area (Å²) >= 11 is 3.57. The number of hydrogen-bond donors (Lipinski definition) is 0. The first-order valence-corrected chi connectivity index (χ1v) is 6.37. The highest BCUT2D eigenvalue weighted by molar-refractivity contribution is 9.10. The zero-order chi connectivity index (χ0) is 12.1. The predicted octanol–water partition coefficient (Wildman–Crippen LogP) is 3.48. The Kier molecular flexibility index (Phi) is 4.29. The van der Waals surface area contributed by atoms with E-state index in [-0.39, 0.29) is 0 Å². The van der Waals surface area contributed by atoms with Gasteiger partial charge in [-0.3, -0.25) is 9.88 Å². The van der Waals surface area contributed by atoms with E-state index in [9.17, 15) is 0 Å². The molecular weight excluding hydrogens is 276 g/mol. The number of rotatable bonds is 4. The largest absolute Gasteiger partial charge is 0.296 e. The average molecular weight is 291 g/mol. The minimum atomic E-state index is 0.863. The van der Waals surface area contributed by atoms with E-state index in [0.29, 0.717) is 0 Å². The third-order valence-corrected chi connectivity index (χ3v) is 3.33. The summed E-state index contributed by atoms with van der Waals surface area (Å²) in [5.41, 5.74) is 2.40. The van der Waals surface area contributed by atoms with Gasteiger partial charge in [0.1, 0.15) is 0 Å². The Morgan fingerprint density at radius 1 is 1.06 bits per heavy atom. The molecule has 0 saturated carbocycles. The maximum Gasteiger partial charge on any atom is 0.0543 e. The molecule has 1 aromatic carbocycles. The number of pyridine rings is 1. The Morgan fingerprint density at radius 2 is 1.82 bits per heavy atom. The van der Waals surface area contributed by atoms with Gasteiger partial charge in [-0.1, -0.05) is 40.2 Å². The van der Waals surface area contributed by atoms with Crippen molar-refractivity contribution in [2.45, 2.75) is 13.1 Å². The van der Waals surface area contributed by atoms with Crippen LogP contribution in [0.5, 0.6) is 0 Å². The standard InChI is InChI=1S/C14H15BrN2/c1-17(11-13-7-4-5-9-16-13)10-12-6-2-3-8-14(12)15/h2-9H,10-11H2,1H3. The van der Waals surface area contributed by atoms with Crippen LogP contribution < -0.4 is 0 Å². The van der Waals surface area contributed by atoms with Gasteiger partial charge in [-0.2, -0.15) is 0 Å². The molecule has 0 atom stereocenters. The Bertz CT molecular complexity index is 471. The molecule has 0 unspecified atom stereocenters. The molecule has 3 heteroatoms. The first-order chi connectivity index (χ1) is 8.25. The number of aromatic nitrogens is 1. The zero-order valence-corrected chi connectivity index (χ0v) is 11.4. The van der Waals surface area contributed by atoms with Crippen molar-refractivity contribution in [2.24, 2.45) is 0 Å². The third kappa shape index (κ3) is 3.65. The first-order valence-electron chi connectivity index (χ1n) is 5.57. The fourth-order valence-electron chi connectivity index (χ4n) is 1.74. The molecule has 0 N–H and O–H groups in total. The van der Waals surface area contributed by atoms with Gasteiger partial charge in [0.25, 0.3) is 0 Å². The van der Waals surface area contributed by atoms with Crippen molar-refractivity contribution in [3.63, 3.8) is 0 Å². The van der Waals surface area contributed by atoms with E-state index in [2.05, 4.69) is 57.1 Å². The van der Waals surface area contributed by atoms with Gasteiger partial charge < -0.3 is 0 Å². The molecule has 1 heterocycles. The molecule has 0 aliphatic rings. The van der Waals surface area contributed by atoms with E-state index < -0.39 is 0 Å². The number of benzene rings is 1. The molecular formula is C14H15BrN2.